The predicted molar refractivity (Wildman–Crippen MR) is 104 cm³/mol. The molecular formula is C19H21ClFN5O. The van der Waals surface area contributed by atoms with E-state index in [1.165, 1.54) is 12.3 Å². The monoisotopic (exact) mass is 389 g/mol. The molecule has 142 valence electrons. The van der Waals surface area contributed by atoms with Gasteiger partial charge in [-0.2, -0.15) is 0 Å². The fourth-order valence-corrected chi connectivity index (χ4v) is 3.71. The van der Waals surface area contributed by atoms with Crippen LogP contribution in [0.4, 0.5) is 10.3 Å². The molecule has 2 atom stereocenters. The third-order valence-electron chi connectivity index (χ3n) is 5.01. The number of imidazole rings is 1. The second kappa shape index (κ2) is 6.73. The van der Waals surface area contributed by atoms with Crippen LogP contribution in [0.15, 0.2) is 18.3 Å². The van der Waals surface area contributed by atoms with Crippen LogP contribution in [0.3, 0.4) is 0 Å². The van der Waals surface area contributed by atoms with Crippen LogP contribution in [0.5, 0.6) is 0 Å². The Bertz CT molecular complexity index is 1020. The molecule has 1 saturated carbocycles. The molecule has 0 spiro atoms. The molecule has 0 unspecified atom stereocenters. The highest BCUT2D eigenvalue weighted by Gasteiger charge is 2.29. The smallest absolute Gasteiger partial charge is 0.223 e. The Balaban J connectivity index is 1.80. The van der Waals surface area contributed by atoms with E-state index < -0.39 is 11.9 Å². The average molecular weight is 390 g/mol. The molecule has 1 aliphatic rings. The Kier molecular flexibility index (Phi) is 4.52. The van der Waals surface area contributed by atoms with E-state index in [4.69, 9.17) is 11.6 Å². The number of nitrogens with zero attached hydrogens (tertiary/aromatic N) is 4. The van der Waals surface area contributed by atoms with E-state index in [1.807, 2.05) is 31.4 Å². The number of hydrogen-bond donors (Lipinski definition) is 2. The number of hydrogen-bond acceptors (Lipinski definition) is 5. The standard InChI is InChI=1S/C19H21ClFN5O/c1-9(2)26-10(3)23-18-13(21)6-11(7-15(18)26)17-12(20)8-22-19(25-17)24-14-4-5-16(14)27/h6-9,14,16,27H,4-5H2,1-3H3,(H,22,24,25)/t14-,16-/m1/s1. The number of aryl methyl sites for hydroxylation is 1. The summed E-state index contributed by atoms with van der Waals surface area (Å²) in [5, 5.41) is 13.2. The van der Waals surface area contributed by atoms with Gasteiger partial charge in [0.2, 0.25) is 5.95 Å². The van der Waals surface area contributed by atoms with Gasteiger partial charge < -0.3 is 15.0 Å². The van der Waals surface area contributed by atoms with Crippen LogP contribution in [-0.4, -0.2) is 36.8 Å². The van der Waals surface area contributed by atoms with Crippen LogP contribution in [0.1, 0.15) is 38.6 Å². The van der Waals surface area contributed by atoms with Crippen molar-refractivity contribution >= 4 is 28.6 Å². The molecule has 0 saturated heterocycles. The zero-order chi connectivity index (χ0) is 19.3. The molecule has 1 fully saturated rings. The summed E-state index contributed by atoms with van der Waals surface area (Å²) in [6.07, 6.45) is 2.71. The molecule has 2 heterocycles. The predicted octanol–water partition coefficient (Wildman–Crippen LogP) is 4.11. The first-order valence-electron chi connectivity index (χ1n) is 9.00. The van der Waals surface area contributed by atoms with Gasteiger partial charge in [0.15, 0.2) is 5.82 Å². The molecule has 8 heteroatoms. The van der Waals surface area contributed by atoms with Gasteiger partial charge in [-0.15, -0.1) is 0 Å². The van der Waals surface area contributed by atoms with Gasteiger partial charge in [0.05, 0.1) is 34.6 Å². The number of anilines is 1. The van der Waals surface area contributed by atoms with Crippen LogP contribution in [-0.2, 0) is 0 Å². The van der Waals surface area contributed by atoms with Crippen molar-refractivity contribution in [3.63, 3.8) is 0 Å². The topological polar surface area (TPSA) is 75.9 Å². The second-order valence-electron chi connectivity index (χ2n) is 7.23. The van der Waals surface area contributed by atoms with Gasteiger partial charge in [0.1, 0.15) is 11.3 Å². The van der Waals surface area contributed by atoms with Crippen molar-refractivity contribution in [2.45, 2.75) is 51.8 Å². The van der Waals surface area contributed by atoms with Gasteiger partial charge in [-0.3, -0.25) is 0 Å². The molecule has 4 rings (SSSR count). The van der Waals surface area contributed by atoms with Crippen LogP contribution in [0.25, 0.3) is 22.3 Å². The summed E-state index contributed by atoms with van der Waals surface area (Å²) in [6.45, 7) is 5.92. The fourth-order valence-electron chi connectivity index (χ4n) is 3.51. The quantitative estimate of drug-likeness (QED) is 0.702. The van der Waals surface area contributed by atoms with E-state index in [-0.39, 0.29) is 12.1 Å². The summed E-state index contributed by atoms with van der Waals surface area (Å²) in [5.41, 5.74) is 2.05. The van der Waals surface area contributed by atoms with Crippen molar-refractivity contribution in [1.29, 1.82) is 0 Å². The van der Waals surface area contributed by atoms with Crippen LogP contribution in [0.2, 0.25) is 5.02 Å². The van der Waals surface area contributed by atoms with Crippen molar-refractivity contribution < 1.29 is 9.50 Å². The molecule has 0 aliphatic heterocycles. The van der Waals surface area contributed by atoms with Gasteiger partial charge in [-0.1, -0.05) is 11.6 Å². The lowest BCUT2D eigenvalue weighted by molar-refractivity contribution is 0.0782. The van der Waals surface area contributed by atoms with Crippen LogP contribution in [0, 0.1) is 12.7 Å². The van der Waals surface area contributed by atoms with Gasteiger partial charge in [0.25, 0.3) is 0 Å². The third-order valence-corrected chi connectivity index (χ3v) is 5.29. The first-order valence-corrected chi connectivity index (χ1v) is 9.38. The largest absolute Gasteiger partial charge is 0.391 e. The maximum Gasteiger partial charge on any atom is 0.223 e. The zero-order valence-corrected chi connectivity index (χ0v) is 16.1. The summed E-state index contributed by atoms with van der Waals surface area (Å²) in [4.78, 5) is 13.0. The minimum absolute atomic E-state index is 0.0664. The highest BCUT2D eigenvalue weighted by Crippen LogP contribution is 2.32. The number of benzene rings is 1. The Morgan fingerprint density at radius 1 is 1.30 bits per heavy atom. The number of aliphatic hydroxyl groups excluding tert-OH is 1. The van der Waals surface area contributed by atoms with Gasteiger partial charge in [-0.25, -0.2) is 19.3 Å². The van der Waals surface area contributed by atoms with Crippen LogP contribution < -0.4 is 5.32 Å². The Hall–Kier alpha value is -2.25. The summed E-state index contributed by atoms with van der Waals surface area (Å²) < 4.78 is 16.7. The lowest BCUT2D eigenvalue weighted by Crippen LogP contribution is -2.43. The summed E-state index contributed by atoms with van der Waals surface area (Å²) in [6, 6.07) is 3.33. The van der Waals surface area contributed by atoms with E-state index in [0.29, 0.717) is 33.3 Å². The van der Waals surface area contributed by atoms with Crippen molar-refractivity contribution in [3.8, 4) is 11.3 Å². The summed E-state index contributed by atoms with van der Waals surface area (Å²) in [5.74, 6) is 0.710. The maximum absolute atomic E-state index is 14.7. The highest BCUT2D eigenvalue weighted by atomic mass is 35.5. The maximum atomic E-state index is 14.7. The summed E-state index contributed by atoms with van der Waals surface area (Å²) >= 11 is 6.31. The minimum atomic E-state index is -0.413. The van der Waals surface area contributed by atoms with Crippen molar-refractivity contribution in [2.75, 3.05) is 5.32 Å². The summed E-state index contributed by atoms with van der Waals surface area (Å²) in [7, 11) is 0. The van der Waals surface area contributed by atoms with Crippen molar-refractivity contribution in [1.82, 2.24) is 19.5 Å². The fraction of sp³-hybridized carbons (Fsp3) is 0.421. The molecule has 3 aromatic rings. The van der Waals surface area contributed by atoms with Gasteiger partial charge in [-0.05, 0) is 45.7 Å². The second-order valence-corrected chi connectivity index (χ2v) is 7.64. The van der Waals surface area contributed by atoms with E-state index >= 15 is 0 Å². The van der Waals surface area contributed by atoms with Crippen molar-refractivity contribution in [2.24, 2.45) is 0 Å². The number of halogens is 2. The minimum Gasteiger partial charge on any atom is -0.391 e. The Morgan fingerprint density at radius 2 is 2.07 bits per heavy atom. The molecule has 27 heavy (non-hydrogen) atoms. The molecule has 2 aromatic heterocycles. The normalized spacial score (nSPS) is 19.5. The lowest BCUT2D eigenvalue weighted by Gasteiger charge is -2.32. The highest BCUT2D eigenvalue weighted by molar-refractivity contribution is 6.33. The zero-order valence-electron chi connectivity index (χ0n) is 15.4. The van der Waals surface area contributed by atoms with E-state index in [2.05, 4.69) is 20.3 Å². The van der Waals surface area contributed by atoms with E-state index in [1.54, 1.807) is 0 Å². The van der Waals surface area contributed by atoms with Crippen LogP contribution >= 0.6 is 11.6 Å². The van der Waals surface area contributed by atoms with Crippen molar-refractivity contribution in [3.05, 3.63) is 35.0 Å². The third kappa shape index (κ3) is 3.15. The number of rotatable bonds is 4. The lowest BCUT2D eigenvalue weighted by atomic mass is 9.89. The molecule has 0 radical (unpaired) electrons. The molecule has 1 aliphatic carbocycles. The molecule has 1 aromatic carbocycles. The first-order chi connectivity index (χ1) is 12.8. The van der Waals surface area contributed by atoms with Gasteiger partial charge in [0, 0.05) is 11.6 Å². The van der Waals surface area contributed by atoms with E-state index in [0.717, 1.165) is 18.7 Å². The average Bonchev–Trinajstić information content (AvgIpc) is 2.96. The molecule has 2 N–H and O–H groups in total. The van der Waals surface area contributed by atoms with Gasteiger partial charge >= 0.3 is 0 Å². The number of fused-ring (bicyclic) bond motifs is 1. The molecular weight excluding hydrogens is 369 g/mol. The number of nitrogens with one attached hydrogen (secondary N) is 1. The number of aliphatic hydroxyl groups is 1. The molecule has 0 bridgehead atoms. The SMILES string of the molecule is Cc1nc2c(F)cc(-c3nc(N[C@@H]4CC[C@H]4O)ncc3Cl)cc2n1C(C)C. The molecule has 0 amide bonds. The molecule has 6 nitrogen and oxygen atoms in total. The first kappa shape index (κ1) is 18.1. The number of aromatic nitrogens is 4. The van der Waals surface area contributed by atoms with E-state index in [9.17, 15) is 9.50 Å². The Labute approximate surface area is 161 Å². The Morgan fingerprint density at radius 3 is 2.70 bits per heavy atom.